The molecule has 15 heavy (non-hydrogen) atoms. The van der Waals surface area contributed by atoms with Crippen LogP contribution in [0, 0.1) is 0 Å². The lowest BCUT2D eigenvalue weighted by Crippen LogP contribution is -2.27. The van der Waals surface area contributed by atoms with Crippen LogP contribution in [0.1, 0.15) is 18.4 Å². The van der Waals surface area contributed by atoms with Crippen molar-refractivity contribution in [2.24, 2.45) is 0 Å². The van der Waals surface area contributed by atoms with Gasteiger partial charge in [-0.2, -0.15) is 0 Å². The minimum atomic E-state index is 0.416. The third-order valence-corrected chi connectivity index (χ3v) is 2.39. The van der Waals surface area contributed by atoms with Crippen LogP contribution >= 0.6 is 0 Å². The van der Waals surface area contributed by atoms with E-state index in [2.05, 4.69) is 23.3 Å². The van der Waals surface area contributed by atoms with E-state index in [9.17, 15) is 0 Å². The molecule has 0 saturated carbocycles. The average molecular weight is 204 g/mol. The number of hydrogen-bond acceptors (Lipinski definition) is 2. The number of H-pyrrole nitrogens is 1. The van der Waals surface area contributed by atoms with Gasteiger partial charge in [0.05, 0.1) is 6.26 Å². The first-order valence-electron chi connectivity index (χ1n) is 5.22. The second-order valence-electron chi connectivity index (χ2n) is 3.76. The van der Waals surface area contributed by atoms with E-state index in [-0.39, 0.29) is 0 Å². The van der Waals surface area contributed by atoms with Crippen LogP contribution in [-0.2, 0) is 13.0 Å². The zero-order valence-electron chi connectivity index (χ0n) is 8.86. The Morgan fingerprint density at radius 3 is 3.00 bits per heavy atom. The van der Waals surface area contributed by atoms with Crippen LogP contribution in [0.25, 0.3) is 0 Å². The molecule has 0 aliphatic rings. The Labute approximate surface area is 89.5 Å². The monoisotopic (exact) mass is 204 g/mol. The fraction of sp³-hybridized carbons (Fsp3) is 0.333. The van der Waals surface area contributed by atoms with E-state index < -0.39 is 0 Å². The van der Waals surface area contributed by atoms with Gasteiger partial charge in [-0.25, -0.2) is 0 Å². The minimum Gasteiger partial charge on any atom is -0.469 e. The third kappa shape index (κ3) is 2.99. The number of rotatable bonds is 5. The minimum absolute atomic E-state index is 0.416. The molecule has 2 aromatic rings. The Morgan fingerprint density at radius 1 is 1.40 bits per heavy atom. The lowest BCUT2D eigenvalue weighted by atomic mass is 10.2. The largest absolute Gasteiger partial charge is 0.469 e. The normalized spacial score (nSPS) is 12.9. The van der Waals surface area contributed by atoms with Crippen molar-refractivity contribution < 1.29 is 4.42 Å². The summed E-state index contributed by atoms with van der Waals surface area (Å²) >= 11 is 0. The molecule has 2 heterocycles. The van der Waals surface area contributed by atoms with Gasteiger partial charge in [-0.05, 0) is 31.2 Å². The lowest BCUT2D eigenvalue weighted by Gasteiger charge is -2.11. The second kappa shape index (κ2) is 4.84. The maximum atomic E-state index is 5.29. The molecule has 0 bridgehead atoms. The number of hydrogen-bond donors (Lipinski definition) is 2. The molecule has 0 amide bonds. The van der Waals surface area contributed by atoms with Crippen LogP contribution in [0.4, 0.5) is 0 Å². The number of aromatic nitrogens is 1. The first-order valence-corrected chi connectivity index (χ1v) is 5.22. The topological polar surface area (TPSA) is 41.0 Å². The molecule has 0 radical (unpaired) electrons. The SMILES string of the molecule is CC(Cc1ccco1)NCc1ccc[nH]1. The summed E-state index contributed by atoms with van der Waals surface area (Å²) in [6.07, 6.45) is 4.58. The first kappa shape index (κ1) is 10.1. The van der Waals surface area contributed by atoms with E-state index in [1.807, 2.05) is 24.4 Å². The molecule has 3 heteroatoms. The van der Waals surface area contributed by atoms with Gasteiger partial charge in [0.25, 0.3) is 0 Å². The molecule has 1 unspecified atom stereocenters. The van der Waals surface area contributed by atoms with Crippen LogP contribution in [-0.4, -0.2) is 11.0 Å². The standard InChI is InChI=1S/C12H16N2O/c1-10(8-12-5-3-7-15-12)14-9-11-4-2-6-13-11/h2-7,10,13-14H,8-9H2,1H3. The zero-order chi connectivity index (χ0) is 10.5. The molecule has 0 aromatic carbocycles. The lowest BCUT2D eigenvalue weighted by molar-refractivity contribution is 0.455. The third-order valence-electron chi connectivity index (χ3n) is 2.39. The Kier molecular flexibility index (Phi) is 3.25. The van der Waals surface area contributed by atoms with Crippen LogP contribution in [0.2, 0.25) is 0 Å². The molecule has 2 rings (SSSR count). The van der Waals surface area contributed by atoms with E-state index in [1.165, 1.54) is 5.69 Å². The van der Waals surface area contributed by atoms with E-state index in [4.69, 9.17) is 4.42 Å². The van der Waals surface area contributed by atoms with Gasteiger partial charge in [0.15, 0.2) is 0 Å². The second-order valence-corrected chi connectivity index (χ2v) is 3.76. The molecule has 80 valence electrons. The van der Waals surface area contributed by atoms with Crippen molar-refractivity contribution in [2.45, 2.75) is 25.9 Å². The molecule has 2 aromatic heterocycles. The Hall–Kier alpha value is -1.48. The first-order chi connectivity index (χ1) is 7.34. The Bertz CT molecular complexity index is 364. The van der Waals surface area contributed by atoms with Gasteiger partial charge >= 0.3 is 0 Å². The number of aromatic amines is 1. The molecule has 0 aliphatic heterocycles. The molecule has 1 atom stereocenters. The summed E-state index contributed by atoms with van der Waals surface area (Å²) in [5, 5.41) is 3.43. The van der Waals surface area contributed by atoms with Gasteiger partial charge in [-0.15, -0.1) is 0 Å². The number of furan rings is 1. The Balaban J connectivity index is 1.76. The van der Waals surface area contributed by atoms with Crippen LogP contribution in [0.3, 0.4) is 0 Å². The maximum absolute atomic E-state index is 5.29. The molecule has 0 spiro atoms. The molecule has 3 nitrogen and oxygen atoms in total. The highest BCUT2D eigenvalue weighted by Crippen LogP contribution is 2.04. The summed E-state index contributed by atoms with van der Waals surface area (Å²) in [7, 11) is 0. The highest BCUT2D eigenvalue weighted by atomic mass is 16.3. The van der Waals surface area contributed by atoms with Crippen molar-refractivity contribution in [2.75, 3.05) is 0 Å². The molecule has 2 N–H and O–H groups in total. The van der Waals surface area contributed by atoms with Crippen molar-refractivity contribution >= 4 is 0 Å². The molecule has 0 saturated heterocycles. The highest BCUT2D eigenvalue weighted by Gasteiger charge is 2.04. The van der Waals surface area contributed by atoms with E-state index >= 15 is 0 Å². The predicted octanol–water partition coefficient (Wildman–Crippen LogP) is 2.33. The summed E-state index contributed by atoms with van der Waals surface area (Å²) in [5.41, 5.74) is 1.21. The van der Waals surface area contributed by atoms with Gasteiger partial charge in [-0.3, -0.25) is 0 Å². The van der Waals surface area contributed by atoms with Crippen LogP contribution < -0.4 is 5.32 Å². The average Bonchev–Trinajstić information content (AvgIpc) is 2.86. The summed E-state index contributed by atoms with van der Waals surface area (Å²) in [4.78, 5) is 3.17. The Morgan fingerprint density at radius 2 is 2.33 bits per heavy atom. The van der Waals surface area contributed by atoms with Gasteiger partial charge in [-0.1, -0.05) is 0 Å². The fourth-order valence-corrected chi connectivity index (χ4v) is 1.56. The van der Waals surface area contributed by atoms with Crippen molar-refractivity contribution in [3.05, 3.63) is 48.2 Å². The summed E-state index contributed by atoms with van der Waals surface area (Å²) in [6, 6.07) is 8.43. The predicted molar refractivity (Wildman–Crippen MR) is 59.5 cm³/mol. The van der Waals surface area contributed by atoms with E-state index in [0.29, 0.717) is 6.04 Å². The van der Waals surface area contributed by atoms with Crippen LogP contribution in [0.5, 0.6) is 0 Å². The zero-order valence-corrected chi connectivity index (χ0v) is 8.86. The summed E-state index contributed by atoms with van der Waals surface area (Å²) in [5.74, 6) is 1.03. The molecular weight excluding hydrogens is 188 g/mol. The van der Waals surface area contributed by atoms with Crippen molar-refractivity contribution in [3.8, 4) is 0 Å². The molecule has 0 aliphatic carbocycles. The van der Waals surface area contributed by atoms with Gasteiger partial charge < -0.3 is 14.7 Å². The van der Waals surface area contributed by atoms with Gasteiger partial charge in [0.2, 0.25) is 0 Å². The van der Waals surface area contributed by atoms with Gasteiger partial charge in [0, 0.05) is 30.9 Å². The van der Waals surface area contributed by atoms with Crippen molar-refractivity contribution in [1.82, 2.24) is 10.3 Å². The smallest absolute Gasteiger partial charge is 0.105 e. The van der Waals surface area contributed by atoms with Gasteiger partial charge in [0.1, 0.15) is 5.76 Å². The van der Waals surface area contributed by atoms with E-state index in [1.54, 1.807) is 6.26 Å². The summed E-state index contributed by atoms with van der Waals surface area (Å²) < 4.78 is 5.29. The molecule has 0 fully saturated rings. The van der Waals surface area contributed by atoms with Crippen molar-refractivity contribution in [1.29, 1.82) is 0 Å². The molecular formula is C12H16N2O. The quantitative estimate of drug-likeness (QED) is 0.784. The number of nitrogens with one attached hydrogen (secondary N) is 2. The summed E-state index contributed by atoms with van der Waals surface area (Å²) in [6.45, 7) is 3.03. The fourth-order valence-electron chi connectivity index (χ4n) is 1.56. The maximum Gasteiger partial charge on any atom is 0.105 e. The van der Waals surface area contributed by atoms with Crippen LogP contribution in [0.15, 0.2) is 41.1 Å². The van der Waals surface area contributed by atoms with Crippen molar-refractivity contribution in [3.63, 3.8) is 0 Å². The van der Waals surface area contributed by atoms with E-state index in [0.717, 1.165) is 18.7 Å². The highest BCUT2D eigenvalue weighted by molar-refractivity contribution is 5.04.